The molecule has 3 aromatic heterocycles. The molecular weight excluding hydrogens is 398 g/mol. The Labute approximate surface area is 179 Å². The van der Waals surface area contributed by atoms with Crippen molar-refractivity contribution in [1.82, 2.24) is 29.2 Å². The van der Waals surface area contributed by atoms with Gasteiger partial charge >= 0.3 is 0 Å². The Balaban J connectivity index is 1.39. The third-order valence-electron chi connectivity index (χ3n) is 5.14. The van der Waals surface area contributed by atoms with Crippen molar-refractivity contribution in [2.24, 2.45) is 0 Å². The molecule has 1 aliphatic heterocycles. The molecule has 0 radical (unpaired) electrons. The molecule has 30 heavy (non-hydrogen) atoms. The number of rotatable bonds is 5. The number of benzene rings is 1. The molecule has 0 N–H and O–H groups in total. The summed E-state index contributed by atoms with van der Waals surface area (Å²) in [7, 11) is 0. The standard InChI is InChI=1S/C21H21N7OS/c30-21-27(16-25-11-13-26(14-12-25)20-22-9-5-10-23-20)24-19(18-8-4-15-29-18)28(21)17-6-2-1-3-7-17/h1-10,15H,11-14,16H2. The second kappa shape index (κ2) is 8.21. The first-order valence-electron chi connectivity index (χ1n) is 9.83. The van der Waals surface area contributed by atoms with Crippen LogP contribution in [0.15, 0.2) is 71.6 Å². The van der Waals surface area contributed by atoms with E-state index in [1.54, 1.807) is 18.7 Å². The second-order valence-electron chi connectivity index (χ2n) is 7.05. The number of piperazine rings is 1. The summed E-state index contributed by atoms with van der Waals surface area (Å²) in [6, 6.07) is 15.6. The molecule has 4 aromatic rings. The summed E-state index contributed by atoms with van der Waals surface area (Å²) in [6.07, 6.45) is 5.21. The van der Waals surface area contributed by atoms with Gasteiger partial charge in [-0.2, -0.15) is 0 Å². The van der Waals surface area contributed by atoms with Gasteiger partial charge in [-0.1, -0.05) is 18.2 Å². The fourth-order valence-electron chi connectivity index (χ4n) is 3.61. The van der Waals surface area contributed by atoms with Gasteiger partial charge in [0.1, 0.15) is 0 Å². The molecule has 152 valence electrons. The summed E-state index contributed by atoms with van der Waals surface area (Å²) in [5, 5.41) is 4.80. The maximum absolute atomic E-state index is 5.80. The molecule has 0 aliphatic carbocycles. The Morgan fingerprint density at radius 2 is 1.67 bits per heavy atom. The highest BCUT2D eigenvalue weighted by atomic mass is 32.1. The van der Waals surface area contributed by atoms with E-state index in [2.05, 4.69) is 19.8 Å². The zero-order valence-corrected chi connectivity index (χ0v) is 17.1. The van der Waals surface area contributed by atoms with E-state index in [1.807, 2.05) is 57.8 Å². The highest BCUT2D eigenvalue weighted by molar-refractivity contribution is 7.71. The van der Waals surface area contributed by atoms with Gasteiger partial charge in [0.25, 0.3) is 0 Å². The van der Waals surface area contributed by atoms with Crippen LogP contribution in [0.25, 0.3) is 17.3 Å². The average molecular weight is 420 g/mol. The molecule has 1 aromatic carbocycles. The highest BCUT2D eigenvalue weighted by Crippen LogP contribution is 2.23. The van der Waals surface area contributed by atoms with Gasteiger partial charge in [-0.25, -0.2) is 14.6 Å². The van der Waals surface area contributed by atoms with Crippen LogP contribution in [0.3, 0.4) is 0 Å². The third-order valence-corrected chi connectivity index (χ3v) is 5.53. The number of aromatic nitrogens is 5. The normalized spacial score (nSPS) is 14.9. The summed E-state index contributed by atoms with van der Waals surface area (Å²) >= 11 is 5.80. The lowest BCUT2D eigenvalue weighted by Crippen LogP contribution is -2.47. The van der Waals surface area contributed by atoms with Crippen molar-refractivity contribution in [3.8, 4) is 17.3 Å². The Kier molecular flexibility index (Phi) is 5.12. The van der Waals surface area contributed by atoms with Gasteiger partial charge < -0.3 is 9.32 Å². The lowest BCUT2D eigenvalue weighted by Gasteiger charge is -2.34. The van der Waals surface area contributed by atoms with Gasteiger partial charge in [0.05, 0.1) is 18.6 Å². The van der Waals surface area contributed by atoms with E-state index in [0.29, 0.717) is 23.0 Å². The van der Waals surface area contributed by atoms with E-state index in [9.17, 15) is 0 Å². The summed E-state index contributed by atoms with van der Waals surface area (Å²) in [5.74, 6) is 2.17. The fraction of sp³-hybridized carbons (Fsp3) is 0.238. The van der Waals surface area contributed by atoms with Crippen LogP contribution in [0.5, 0.6) is 0 Å². The lowest BCUT2D eigenvalue weighted by atomic mass is 10.3. The molecule has 0 bridgehead atoms. The first-order valence-corrected chi connectivity index (χ1v) is 10.2. The van der Waals surface area contributed by atoms with Crippen LogP contribution in [0.2, 0.25) is 0 Å². The molecule has 5 rings (SSSR count). The Bertz CT molecular complexity index is 1150. The van der Waals surface area contributed by atoms with Crippen LogP contribution in [0.1, 0.15) is 0 Å². The van der Waals surface area contributed by atoms with Crippen LogP contribution in [-0.2, 0) is 6.67 Å². The molecule has 0 saturated carbocycles. The van der Waals surface area contributed by atoms with Gasteiger partial charge in [-0.3, -0.25) is 9.47 Å². The second-order valence-corrected chi connectivity index (χ2v) is 7.41. The van der Waals surface area contributed by atoms with Crippen LogP contribution < -0.4 is 4.90 Å². The Morgan fingerprint density at radius 1 is 0.900 bits per heavy atom. The SMILES string of the molecule is S=c1n(CN2CCN(c3ncccn3)CC2)nc(-c2ccco2)n1-c1ccccc1. The summed E-state index contributed by atoms with van der Waals surface area (Å²) in [6.45, 7) is 4.11. The van der Waals surface area contributed by atoms with Crippen molar-refractivity contribution < 1.29 is 4.42 Å². The lowest BCUT2D eigenvalue weighted by molar-refractivity contribution is 0.193. The minimum absolute atomic E-state index is 0.621. The Morgan fingerprint density at radius 3 is 2.37 bits per heavy atom. The van der Waals surface area contributed by atoms with E-state index in [4.69, 9.17) is 21.7 Å². The van der Waals surface area contributed by atoms with E-state index < -0.39 is 0 Å². The van der Waals surface area contributed by atoms with Crippen molar-refractivity contribution >= 4 is 18.2 Å². The maximum atomic E-state index is 5.80. The van der Waals surface area contributed by atoms with Gasteiger partial charge in [-0.15, -0.1) is 5.10 Å². The molecule has 1 saturated heterocycles. The predicted octanol–water partition coefficient (Wildman–Crippen LogP) is 3.23. The average Bonchev–Trinajstić information content (AvgIpc) is 3.44. The van der Waals surface area contributed by atoms with Crippen molar-refractivity contribution in [2.45, 2.75) is 6.67 Å². The quantitative estimate of drug-likeness (QED) is 0.460. The largest absolute Gasteiger partial charge is 0.461 e. The van der Waals surface area contributed by atoms with Crippen LogP contribution >= 0.6 is 12.2 Å². The monoisotopic (exact) mass is 419 g/mol. The molecule has 0 unspecified atom stereocenters. The number of hydrogen-bond donors (Lipinski definition) is 0. The van der Waals surface area contributed by atoms with Crippen molar-refractivity contribution in [3.63, 3.8) is 0 Å². The van der Waals surface area contributed by atoms with Crippen LogP contribution in [0, 0.1) is 4.77 Å². The van der Waals surface area contributed by atoms with Crippen LogP contribution in [0.4, 0.5) is 5.95 Å². The van der Waals surface area contributed by atoms with Crippen molar-refractivity contribution in [3.05, 3.63) is 72.0 Å². The first kappa shape index (κ1) is 18.7. The van der Waals surface area contributed by atoms with Gasteiger partial charge in [0.2, 0.25) is 16.5 Å². The maximum Gasteiger partial charge on any atom is 0.225 e. The molecule has 1 fully saturated rings. The number of anilines is 1. The minimum atomic E-state index is 0.621. The van der Waals surface area contributed by atoms with Gasteiger partial charge in [0, 0.05) is 38.6 Å². The molecule has 4 heterocycles. The fourth-order valence-corrected chi connectivity index (χ4v) is 3.90. The van der Waals surface area contributed by atoms with Gasteiger partial charge in [0.15, 0.2) is 5.76 Å². The zero-order chi connectivity index (χ0) is 20.3. The minimum Gasteiger partial charge on any atom is -0.461 e. The highest BCUT2D eigenvalue weighted by Gasteiger charge is 2.22. The molecule has 0 atom stereocenters. The topological polar surface area (TPSA) is 68.2 Å². The number of hydrogen-bond acceptors (Lipinski definition) is 7. The van der Waals surface area contributed by atoms with E-state index in [-0.39, 0.29) is 0 Å². The van der Waals surface area contributed by atoms with E-state index >= 15 is 0 Å². The van der Waals surface area contributed by atoms with E-state index in [1.165, 1.54) is 0 Å². The summed E-state index contributed by atoms with van der Waals surface area (Å²) < 4.78 is 10.1. The smallest absolute Gasteiger partial charge is 0.225 e. The number of furan rings is 1. The number of nitrogens with zero attached hydrogens (tertiary/aromatic N) is 7. The van der Waals surface area contributed by atoms with E-state index in [0.717, 1.165) is 37.8 Å². The first-order chi connectivity index (χ1) is 14.8. The van der Waals surface area contributed by atoms with Crippen LogP contribution in [-0.4, -0.2) is 55.4 Å². The van der Waals surface area contributed by atoms with Gasteiger partial charge in [-0.05, 0) is 42.5 Å². The molecule has 1 aliphatic rings. The summed E-state index contributed by atoms with van der Waals surface area (Å²) in [4.78, 5) is 13.2. The molecule has 0 amide bonds. The summed E-state index contributed by atoms with van der Waals surface area (Å²) in [5.41, 5.74) is 0.964. The molecular formula is C21H21N7OS. The van der Waals surface area contributed by atoms with Crippen molar-refractivity contribution in [2.75, 3.05) is 31.1 Å². The Hall–Kier alpha value is -3.30. The van der Waals surface area contributed by atoms with Crippen molar-refractivity contribution in [1.29, 1.82) is 0 Å². The number of para-hydroxylation sites is 1. The molecule has 9 heteroatoms. The third kappa shape index (κ3) is 3.64. The molecule has 8 nitrogen and oxygen atoms in total. The predicted molar refractivity (Wildman–Crippen MR) is 116 cm³/mol. The zero-order valence-electron chi connectivity index (χ0n) is 16.3. The molecule has 0 spiro atoms.